The molecule has 0 radical (unpaired) electrons. The van der Waals surface area contributed by atoms with Gasteiger partial charge in [0.15, 0.2) is 25.6 Å². The smallest absolute Gasteiger partial charge is 0.280 e. The molecule has 0 saturated heterocycles. The average Bonchev–Trinajstić information content (AvgIpc) is 2.88. The number of benzene rings is 2. The Labute approximate surface area is 274 Å². The third kappa shape index (κ3) is 8.88. The van der Waals surface area contributed by atoms with Gasteiger partial charge in [-0.1, -0.05) is 26.7 Å². The van der Waals surface area contributed by atoms with Crippen LogP contribution in [0, 0.1) is 0 Å². The Bertz CT molecular complexity index is 1800. The van der Waals surface area contributed by atoms with Gasteiger partial charge in [0, 0.05) is 34.1 Å². The molecular weight excluding hydrogens is 682 g/mol. The lowest BCUT2D eigenvalue weighted by Gasteiger charge is -2.25. The summed E-state index contributed by atoms with van der Waals surface area (Å²) in [4.78, 5) is 27.6. The summed E-state index contributed by atoms with van der Waals surface area (Å²) in [6.45, 7) is 3.66. The van der Waals surface area contributed by atoms with Gasteiger partial charge in [-0.05, 0) is 85.5 Å². The van der Waals surface area contributed by atoms with Crippen LogP contribution in [0.1, 0.15) is 84.2 Å². The number of aliphatic imine (C=N–C) groups is 1. The molecule has 16 heteroatoms. The van der Waals surface area contributed by atoms with Crippen LogP contribution in [0.2, 0.25) is 0 Å². The number of carbonyl (C=O) groups is 2. The van der Waals surface area contributed by atoms with E-state index in [1.807, 2.05) is 13.8 Å². The molecule has 2 unspecified atom stereocenters. The van der Waals surface area contributed by atoms with Crippen LogP contribution >= 0.6 is 11.6 Å². The molecule has 11 nitrogen and oxygen atoms in total. The molecule has 1 amide bonds. The lowest BCUT2D eigenvalue weighted by atomic mass is 10.00. The molecule has 2 aromatic rings. The Kier molecular flexibility index (Phi) is 12.3. The minimum absolute atomic E-state index is 0.00718. The average molecular weight is 720 g/mol. The zero-order valence-corrected chi connectivity index (χ0v) is 29.5. The van der Waals surface area contributed by atoms with Crippen LogP contribution in [0.5, 0.6) is 0 Å². The summed E-state index contributed by atoms with van der Waals surface area (Å²) >= 11 is 5.53. The van der Waals surface area contributed by atoms with E-state index in [2.05, 4.69) is 4.99 Å². The standard InChI is InChI=1S/C15H21N3O4S2.C14H17ClO4S2/c1-3-9-7-12(23(20)10-5-4-6-10)13(24(2,21)22)8-11(9)14(19)18-15(16)17;1-3-9-7-12(20(17)10-5-4-6-10)13(21(2,18)19)8-11(9)14(15)16/h7-8,10H,3-6H2,1-2H3,(H4,16,17,18,19);7-8,10H,3-6H2,1-2H3. The number of hydrogen-bond donors (Lipinski definition) is 2. The fourth-order valence-corrected chi connectivity index (χ4v) is 11.1. The third-order valence-corrected chi connectivity index (χ3v) is 14.1. The Morgan fingerprint density at radius 2 is 1.16 bits per heavy atom. The summed E-state index contributed by atoms with van der Waals surface area (Å²) in [6, 6.07) is 5.63. The second-order valence-corrected chi connectivity index (χ2v) is 18.7. The van der Waals surface area contributed by atoms with Crippen molar-refractivity contribution in [1.82, 2.24) is 0 Å². The molecule has 2 atom stereocenters. The molecule has 4 rings (SSSR count). The number of halogens is 1. The summed E-state index contributed by atoms with van der Waals surface area (Å²) in [5.74, 6) is -1.11. The molecule has 45 heavy (non-hydrogen) atoms. The lowest BCUT2D eigenvalue weighted by Crippen LogP contribution is -2.26. The van der Waals surface area contributed by atoms with Crippen LogP contribution in [0.3, 0.4) is 0 Å². The van der Waals surface area contributed by atoms with Gasteiger partial charge in [0.1, 0.15) is 0 Å². The normalized spacial score (nSPS) is 16.7. The second kappa shape index (κ2) is 15.0. The largest absolute Gasteiger partial charge is 0.370 e. The maximum atomic E-state index is 12.7. The first-order valence-corrected chi connectivity index (χ1v) is 20.9. The van der Waals surface area contributed by atoms with E-state index >= 15 is 0 Å². The van der Waals surface area contributed by atoms with E-state index in [1.54, 1.807) is 12.1 Å². The van der Waals surface area contributed by atoms with E-state index in [0.29, 0.717) is 28.9 Å². The van der Waals surface area contributed by atoms with Crippen molar-refractivity contribution in [3.8, 4) is 0 Å². The van der Waals surface area contributed by atoms with Crippen molar-refractivity contribution >= 4 is 70.0 Å². The van der Waals surface area contributed by atoms with Gasteiger partial charge in [-0.3, -0.25) is 18.0 Å². The number of hydrogen-bond acceptors (Lipinski definition) is 8. The molecule has 0 heterocycles. The third-order valence-electron chi connectivity index (χ3n) is 7.72. The molecule has 0 aromatic heterocycles. The second-order valence-electron chi connectivity index (χ2n) is 11.0. The van der Waals surface area contributed by atoms with Crippen molar-refractivity contribution in [3.63, 3.8) is 0 Å². The highest BCUT2D eigenvalue weighted by molar-refractivity contribution is 7.92. The predicted molar refractivity (Wildman–Crippen MR) is 176 cm³/mol. The van der Waals surface area contributed by atoms with Gasteiger partial charge < -0.3 is 11.5 Å². The minimum Gasteiger partial charge on any atom is -0.370 e. The highest BCUT2D eigenvalue weighted by Gasteiger charge is 2.31. The predicted octanol–water partition coefficient (Wildman–Crippen LogP) is 3.42. The molecule has 4 N–H and O–H groups in total. The Morgan fingerprint density at radius 1 is 0.778 bits per heavy atom. The summed E-state index contributed by atoms with van der Waals surface area (Å²) in [5.41, 5.74) is 11.9. The molecule has 0 bridgehead atoms. The first kappa shape index (κ1) is 37.0. The number of nitrogens with zero attached hydrogens (tertiary/aromatic N) is 1. The van der Waals surface area contributed by atoms with Crippen LogP contribution in [-0.4, -0.2) is 65.4 Å². The van der Waals surface area contributed by atoms with Gasteiger partial charge >= 0.3 is 0 Å². The number of nitrogens with two attached hydrogens (primary N) is 2. The van der Waals surface area contributed by atoms with Crippen molar-refractivity contribution in [2.75, 3.05) is 12.5 Å². The zero-order valence-electron chi connectivity index (χ0n) is 25.5. The highest BCUT2D eigenvalue weighted by atomic mass is 35.5. The number of aryl methyl sites for hydroxylation is 2. The number of amides is 1. The summed E-state index contributed by atoms with van der Waals surface area (Å²) < 4.78 is 73.5. The molecule has 2 saturated carbocycles. The minimum atomic E-state index is -3.66. The Hall–Kier alpha value is -2.46. The fraction of sp³-hybridized carbons (Fsp3) is 0.483. The van der Waals surface area contributed by atoms with Gasteiger partial charge in [0.05, 0.1) is 41.2 Å². The van der Waals surface area contributed by atoms with Crippen molar-refractivity contribution in [1.29, 1.82) is 0 Å². The maximum absolute atomic E-state index is 12.7. The van der Waals surface area contributed by atoms with E-state index in [9.17, 15) is 34.8 Å². The maximum Gasteiger partial charge on any atom is 0.280 e. The van der Waals surface area contributed by atoms with Gasteiger partial charge in [-0.2, -0.15) is 4.99 Å². The molecule has 248 valence electrons. The Balaban J connectivity index is 0.000000248. The van der Waals surface area contributed by atoms with Crippen molar-refractivity contribution in [2.45, 2.75) is 95.3 Å². The highest BCUT2D eigenvalue weighted by Crippen LogP contribution is 2.34. The van der Waals surface area contributed by atoms with E-state index < -0.39 is 58.4 Å². The topological polar surface area (TPSA) is 201 Å². The summed E-state index contributed by atoms with van der Waals surface area (Å²) in [7, 11) is -10.0. The monoisotopic (exact) mass is 719 g/mol. The van der Waals surface area contributed by atoms with E-state index in [1.165, 1.54) is 12.1 Å². The van der Waals surface area contributed by atoms with Gasteiger partial charge in [-0.25, -0.2) is 16.8 Å². The van der Waals surface area contributed by atoms with Crippen molar-refractivity contribution in [2.24, 2.45) is 16.5 Å². The number of rotatable bonds is 10. The Morgan fingerprint density at radius 3 is 1.44 bits per heavy atom. The molecule has 2 aliphatic rings. The van der Waals surface area contributed by atoms with Crippen molar-refractivity contribution < 1.29 is 34.8 Å². The van der Waals surface area contributed by atoms with Crippen LogP contribution in [0.15, 0.2) is 48.8 Å². The van der Waals surface area contributed by atoms with Gasteiger partial charge in [0.2, 0.25) is 0 Å². The first-order chi connectivity index (χ1) is 20.9. The van der Waals surface area contributed by atoms with Crippen LogP contribution in [-0.2, 0) is 54.1 Å². The van der Waals surface area contributed by atoms with E-state index in [0.717, 1.165) is 51.0 Å². The van der Waals surface area contributed by atoms with Gasteiger partial charge in [0.25, 0.3) is 11.1 Å². The molecule has 0 aliphatic heterocycles. The van der Waals surface area contributed by atoms with Crippen molar-refractivity contribution in [3.05, 3.63) is 46.5 Å². The van der Waals surface area contributed by atoms with Crippen LogP contribution < -0.4 is 11.5 Å². The number of guanidine groups is 1. The molecule has 2 fully saturated rings. The molecule has 2 aliphatic carbocycles. The van der Waals surface area contributed by atoms with Crippen LogP contribution in [0.25, 0.3) is 0 Å². The number of sulfone groups is 2. The lowest BCUT2D eigenvalue weighted by molar-refractivity contribution is 0.100. The van der Waals surface area contributed by atoms with E-state index in [4.69, 9.17) is 23.1 Å². The SMILES string of the molecule is CCc1cc(S(=O)C2CCC2)c(S(C)(=O)=O)cc1C(=O)Cl.CCc1cc(S(=O)C2CCC2)c(S(C)(=O)=O)cc1C(=O)N=C(N)N. The zero-order chi connectivity index (χ0) is 33.9. The first-order valence-electron chi connectivity index (χ1n) is 14.3. The summed E-state index contributed by atoms with van der Waals surface area (Å²) in [5, 5.41) is -0.722. The van der Waals surface area contributed by atoms with Gasteiger partial charge in [-0.15, -0.1) is 0 Å². The van der Waals surface area contributed by atoms with Crippen LogP contribution in [0.4, 0.5) is 0 Å². The molecular formula is C29H38ClN3O8S4. The van der Waals surface area contributed by atoms with E-state index in [-0.39, 0.29) is 36.3 Å². The fourth-order valence-electron chi connectivity index (χ4n) is 4.77. The number of carbonyl (C=O) groups excluding carboxylic acids is 2. The summed E-state index contributed by atoms with van der Waals surface area (Å²) in [6.07, 6.45) is 8.38. The molecule has 0 spiro atoms. The molecule has 2 aromatic carbocycles. The quantitative estimate of drug-likeness (QED) is 0.208.